The van der Waals surface area contributed by atoms with Crippen LogP contribution >= 0.6 is 0 Å². The Morgan fingerprint density at radius 1 is 1.47 bits per heavy atom. The molecular formula is C12H19N3O2. The lowest BCUT2D eigenvalue weighted by atomic mass is 10.1. The van der Waals surface area contributed by atoms with Crippen molar-refractivity contribution in [3.8, 4) is 0 Å². The maximum atomic E-state index is 11.2. The lowest BCUT2D eigenvalue weighted by Gasteiger charge is -2.10. The van der Waals surface area contributed by atoms with Crippen LogP contribution in [0.5, 0.6) is 0 Å². The molecule has 1 aromatic rings. The van der Waals surface area contributed by atoms with Gasteiger partial charge in [0.15, 0.2) is 0 Å². The number of anilines is 2. The number of nitrogen functional groups attached to an aromatic ring is 1. The van der Waals surface area contributed by atoms with Crippen molar-refractivity contribution in [1.29, 1.82) is 0 Å². The number of nitrogens with two attached hydrogens (primary N) is 2. The number of benzene rings is 1. The minimum Gasteiger partial charge on any atom is -0.399 e. The fourth-order valence-electron chi connectivity index (χ4n) is 1.46. The summed E-state index contributed by atoms with van der Waals surface area (Å²) >= 11 is 0. The van der Waals surface area contributed by atoms with E-state index in [0.717, 1.165) is 13.0 Å². The summed E-state index contributed by atoms with van der Waals surface area (Å²) < 4.78 is 5.22. The topological polar surface area (TPSA) is 90.4 Å². The Morgan fingerprint density at radius 2 is 2.24 bits per heavy atom. The summed E-state index contributed by atoms with van der Waals surface area (Å²) in [5.41, 5.74) is 12.5. The first-order valence-corrected chi connectivity index (χ1v) is 5.66. The monoisotopic (exact) mass is 237 g/mol. The second-order valence-corrected chi connectivity index (χ2v) is 3.65. The van der Waals surface area contributed by atoms with E-state index >= 15 is 0 Å². The Labute approximate surface area is 101 Å². The third kappa shape index (κ3) is 4.32. The van der Waals surface area contributed by atoms with Gasteiger partial charge in [0.1, 0.15) is 0 Å². The van der Waals surface area contributed by atoms with E-state index in [1.165, 1.54) is 0 Å². The first-order chi connectivity index (χ1) is 8.15. The van der Waals surface area contributed by atoms with Crippen LogP contribution in [0.15, 0.2) is 18.2 Å². The predicted octanol–water partition coefficient (Wildman–Crippen LogP) is 1.21. The van der Waals surface area contributed by atoms with Crippen LogP contribution in [0.25, 0.3) is 0 Å². The van der Waals surface area contributed by atoms with Gasteiger partial charge in [0.2, 0.25) is 0 Å². The molecule has 0 aliphatic carbocycles. The fraction of sp³-hybridized carbons (Fsp3) is 0.417. The smallest absolute Gasteiger partial charge is 0.250 e. The van der Waals surface area contributed by atoms with Crippen molar-refractivity contribution in [2.45, 2.75) is 13.3 Å². The standard InChI is InChI=1S/C12H19N3O2/c1-2-17-7-3-6-15-11-5-4-9(13)8-10(11)12(14)16/h4-5,8,15H,2-3,6-7,13H2,1H3,(H2,14,16). The number of ether oxygens (including phenoxy) is 1. The zero-order valence-electron chi connectivity index (χ0n) is 10.0. The molecule has 5 N–H and O–H groups in total. The molecule has 0 bridgehead atoms. The highest BCUT2D eigenvalue weighted by molar-refractivity contribution is 5.99. The van der Waals surface area contributed by atoms with E-state index in [0.29, 0.717) is 30.2 Å². The molecule has 1 rings (SSSR count). The van der Waals surface area contributed by atoms with E-state index in [4.69, 9.17) is 16.2 Å². The average Bonchev–Trinajstić information content (AvgIpc) is 2.30. The van der Waals surface area contributed by atoms with Gasteiger partial charge < -0.3 is 21.5 Å². The zero-order chi connectivity index (χ0) is 12.7. The van der Waals surface area contributed by atoms with Gasteiger partial charge in [0.25, 0.3) is 5.91 Å². The van der Waals surface area contributed by atoms with Gasteiger partial charge in [-0.3, -0.25) is 4.79 Å². The highest BCUT2D eigenvalue weighted by Crippen LogP contribution is 2.18. The van der Waals surface area contributed by atoms with Gasteiger partial charge in [-0.25, -0.2) is 0 Å². The lowest BCUT2D eigenvalue weighted by molar-refractivity contribution is 0.100. The van der Waals surface area contributed by atoms with Gasteiger partial charge in [-0.15, -0.1) is 0 Å². The van der Waals surface area contributed by atoms with Gasteiger partial charge >= 0.3 is 0 Å². The molecule has 0 heterocycles. The summed E-state index contributed by atoms with van der Waals surface area (Å²) in [7, 11) is 0. The maximum Gasteiger partial charge on any atom is 0.250 e. The van der Waals surface area contributed by atoms with Gasteiger partial charge in [-0.05, 0) is 31.5 Å². The number of carbonyl (C=O) groups is 1. The quantitative estimate of drug-likeness (QED) is 0.491. The Balaban J connectivity index is 2.55. The van der Waals surface area contributed by atoms with Crippen LogP contribution in [0.2, 0.25) is 0 Å². The Morgan fingerprint density at radius 3 is 2.88 bits per heavy atom. The Kier molecular flexibility index (Phi) is 5.29. The van der Waals surface area contributed by atoms with E-state index in [1.54, 1.807) is 18.2 Å². The van der Waals surface area contributed by atoms with Crippen molar-refractivity contribution in [2.24, 2.45) is 5.73 Å². The highest BCUT2D eigenvalue weighted by atomic mass is 16.5. The van der Waals surface area contributed by atoms with Crippen molar-refractivity contribution in [1.82, 2.24) is 0 Å². The second-order valence-electron chi connectivity index (χ2n) is 3.65. The molecule has 0 aliphatic rings. The molecule has 0 aromatic heterocycles. The summed E-state index contributed by atoms with van der Waals surface area (Å²) in [6.45, 7) is 4.10. The van der Waals surface area contributed by atoms with Crippen LogP contribution < -0.4 is 16.8 Å². The van der Waals surface area contributed by atoms with Gasteiger partial charge in [-0.2, -0.15) is 0 Å². The minimum absolute atomic E-state index is 0.418. The highest BCUT2D eigenvalue weighted by Gasteiger charge is 2.07. The zero-order valence-corrected chi connectivity index (χ0v) is 10.0. The van der Waals surface area contributed by atoms with Crippen LogP contribution in [-0.2, 0) is 4.74 Å². The maximum absolute atomic E-state index is 11.2. The number of rotatable bonds is 7. The van der Waals surface area contributed by atoms with E-state index < -0.39 is 5.91 Å². The Hall–Kier alpha value is -1.75. The third-order valence-corrected chi connectivity index (χ3v) is 2.29. The van der Waals surface area contributed by atoms with E-state index in [-0.39, 0.29) is 0 Å². The average molecular weight is 237 g/mol. The molecule has 0 spiro atoms. The number of carbonyl (C=O) groups excluding carboxylic acids is 1. The largest absolute Gasteiger partial charge is 0.399 e. The summed E-state index contributed by atoms with van der Waals surface area (Å²) in [5, 5.41) is 3.14. The number of nitrogens with one attached hydrogen (secondary N) is 1. The molecule has 5 nitrogen and oxygen atoms in total. The number of hydrogen-bond acceptors (Lipinski definition) is 4. The third-order valence-electron chi connectivity index (χ3n) is 2.29. The van der Waals surface area contributed by atoms with E-state index in [2.05, 4.69) is 5.32 Å². The van der Waals surface area contributed by atoms with Crippen molar-refractivity contribution in [3.05, 3.63) is 23.8 Å². The SMILES string of the molecule is CCOCCCNc1ccc(N)cc1C(N)=O. The molecular weight excluding hydrogens is 218 g/mol. The first-order valence-electron chi connectivity index (χ1n) is 5.66. The normalized spacial score (nSPS) is 10.2. The number of amides is 1. The number of hydrogen-bond donors (Lipinski definition) is 3. The molecule has 5 heteroatoms. The van der Waals surface area contributed by atoms with Gasteiger partial charge in [0, 0.05) is 31.1 Å². The van der Waals surface area contributed by atoms with Crippen LogP contribution in [0, 0.1) is 0 Å². The fourth-order valence-corrected chi connectivity index (χ4v) is 1.46. The van der Waals surface area contributed by atoms with Crippen LogP contribution in [0.4, 0.5) is 11.4 Å². The first kappa shape index (κ1) is 13.3. The number of primary amides is 1. The van der Waals surface area contributed by atoms with Gasteiger partial charge in [-0.1, -0.05) is 0 Å². The molecule has 0 saturated carbocycles. The molecule has 0 unspecified atom stereocenters. The molecule has 0 saturated heterocycles. The van der Waals surface area contributed by atoms with Crippen LogP contribution in [0.3, 0.4) is 0 Å². The molecule has 1 aromatic carbocycles. The predicted molar refractivity (Wildman–Crippen MR) is 69.0 cm³/mol. The van der Waals surface area contributed by atoms with Crippen LogP contribution in [0.1, 0.15) is 23.7 Å². The summed E-state index contributed by atoms with van der Waals surface area (Å²) in [6.07, 6.45) is 0.871. The summed E-state index contributed by atoms with van der Waals surface area (Å²) in [6, 6.07) is 5.07. The summed E-state index contributed by atoms with van der Waals surface area (Å²) in [5.74, 6) is -0.482. The van der Waals surface area contributed by atoms with Crippen molar-refractivity contribution in [2.75, 3.05) is 30.8 Å². The van der Waals surface area contributed by atoms with Gasteiger partial charge in [0.05, 0.1) is 5.56 Å². The minimum atomic E-state index is -0.482. The Bertz CT molecular complexity index is 380. The molecule has 0 radical (unpaired) electrons. The van der Waals surface area contributed by atoms with E-state index in [1.807, 2.05) is 6.92 Å². The summed E-state index contributed by atoms with van der Waals surface area (Å²) in [4.78, 5) is 11.2. The molecule has 0 fully saturated rings. The van der Waals surface area contributed by atoms with E-state index in [9.17, 15) is 4.79 Å². The molecule has 94 valence electrons. The second kappa shape index (κ2) is 6.75. The molecule has 0 atom stereocenters. The lowest BCUT2D eigenvalue weighted by Crippen LogP contribution is -2.15. The molecule has 0 aliphatic heterocycles. The van der Waals surface area contributed by atoms with Crippen molar-refractivity contribution < 1.29 is 9.53 Å². The molecule has 1 amide bonds. The van der Waals surface area contributed by atoms with Crippen LogP contribution in [-0.4, -0.2) is 25.7 Å². The van der Waals surface area contributed by atoms with Crippen molar-refractivity contribution >= 4 is 17.3 Å². The van der Waals surface area contributed by atoms with Crippen molar-refractivity contribution in [3.63, 3.8) is 0 Å². The molecule has 17 heavy (non-hydrogen) atoms.